The van der Waals surface area contributed by atoms with Gasteiger partial charge in [0.15, 0.2) is 17.3 Å². The highest BCUT2D eigenvalue weighted by molar-refractivity contribution is 7.54. The van der Waals surface area contributed by atoms with E-state index in [2.05, 4.69) is 14.8 Å². The third-order valence-corrected chi connectivity index (χ3v) is 6.43. The molecule has 0 saturated heterocycles. The maximum atomic E-state index is 13.5. The van der Waals surface area contributed by atoms with Gasteiger partial charge in [-0.3, -0.25) is 4.57 Å². The van der Waals surface area contributed by atoms with Crippen molar-refractivity contribution in [2.24, 2.45) is 0 Å². The number of hydrogen-bond acceptors (Lipinski definition) is 7. The lowest BCUT2D eigenvalue weighted by Gasteiger charge is -2.28. The van der Waals surface area contributed by atoms with Gasteiger partial charge < -0.3 is 28.9 Å². The van der Waals surface area contributed by atoms with E-state index in [1.54, 1.807) is 13.8 Å². The number of phenols is 1. The van der Waals surface area contributed by atoms with Crippen LogP contribution < -0.4 is 14.8 Å². The van der Waals surface area contributed by atoms with Crippen LogP contribution in [0.5, 0.6) is 17.2 Å². The summed E-state index contributed by atoms with van der Waals surface area (Å²) in [5.41, 5.74) is 0.416. The van der Waals surface area contributed by atoms with Gasteiger partial charge in [0, 0.05) is 22.3 Å². The fourth-order valence-electron chi connectivity index (χ4n) is 2.81. The Morgan fingerprint density at radius 3 is 2.45 bits per heavy atom. The number of phenolic OH excluding ortho intramolecular Hbond substituents is 1. The summed E-state index contributed by atoms with van der Waals surface area (Å²) in [4.78, 5) is 0. The van der Waals surface area contributed by atoms with E-state index in [0.717, 1.165) is 0 Å². The number of fused-ring (bicyclic) bond motifs is 1. The van der Waals surface area contributed by atoms with Crippen LogP contribution in [0.2, 0.25) is 5.02 Å². The van der Waals surface area contributed by atoms with Crippen molar-refractivity contribution in [3.8, 4) is 17.2 Å². The molecule has 29 heavy (non-hydrogen) atoms. The Labute approximate surface area is 171 Å². The van der Waals surface area contributed by atoms with Gasteiger partial charge in [-0.2, -0.15) is 0 Å². The first-order valence-corrected chi connectivity index (χ1v) is 10.7. The van der Waals surface area contributed by atoms with E-state index in [-0.39, 0.29) is 46.7 Å². The molecule has 0 amide bonds. The van der Waals surface area contributed by atoms with E-state index < -0.39 is 19.7 Å². The van der Waals surface area contributed by atoms with Gasteiger partial charge in [0.25, 0.3) is 0 Å². The van der Waals surface area contributed by atoms with E-state index in [1.807, 2.05) is 0 Å². The van der Waals surface area contributed by atoms with Gasteiger partial charge in [0.1, 0.15) is 5.75 Å². The quantitative estimate of drug-likeness (QED) is 0.497. The molecule has 1 aliphatic rings. The van der Waals surface area contributed by atoms with Gasteiger partial charge in [-0.15, -0.1) is 8.78 Å². The van der Waals surface area contributed by atoms with Crippen LogP contribution in [0, 0.1) is 0 Å². The second-order valence-corrected chi connectivity index (χ2v) is 8.50. The van der Waals surface area contributed by atoms with Crippen LogP contribution >= 0.6 is 19.2 Å². The number of nitrogens with one attached hydrogen (secondary N) is 1. The van der Waals surface area contributed by atoms with Gasteiger partial charge in [0.2, 0.25) is 0 Å². The number of halogens is 3. The second-order valence-electron chi connectivity index (χ2n) is 5.95. The van der Waals surface area contributed by atoms with Crippen molar-refractivity contribution in [1.29, 1.82) is 0 Å². The maximum absolute atomic E-state index is 13.5. The molecule has 1 heterocycles. The summed E-state index contributed by atoms with van der Waals surface area (Å²) in [6.07, 6.45) is -3.77. The van der Waals surface area contributed by atoms with Crippen molar-refractivity contribution in [3.63, 3.8) is 0 Å². The fourth-order valence-corrected chi connectivity index (χ4v) is 4.94. The molecular formula is C18H19ClF2NO6P. The number of hydrogen-bond donors (Lipinski definition) is 2. The summed E-state index contributed by atoms with van der Waals surface area (Å²) in [5.74, 6) is -1.71. The van der Waals surface area contributed by atoms with Crippen LogP contribution in [-0.4, -0.2) is 24.6 Å². The van der Waals surface area contributed by atoms with Crippen molar-refractivity contribution in [2.75, 3.05) is 18.5 Å². The Morgan fingerprint density at radius 2 is 1.79 bits per heavy atom. The van der Waals surface area contributed by atoms with Crippen LogP contribution in [0.4, 0.5) is 14.5 Å². The summed E-state index contributed by atoms with van der Waals surface area (Å²) in [6, 6.07) is 8.19. The van der Waals surface area contributed by atoms with Gasteiger partial charge in [-0.1, -0.05) is 11.6 Å². The first-order valence-electron chi connectivity index (χ1n) is 8.71. The van der Waals surface area contributed by atoms with E-state index in [0.29, 0.717) is 0 Å². The van der Waals surface area contributed by atoms with Gasteiger partial charge in [0.05, 0.1) is 13.2 Å². The Kier molecular flexibility index (Phi) is 6.24. The van der Waals surface area contributed by atoms with Crippen LogP contribution in [0.3, 0.4) is 0 Å². The smallest absolute Gasteiger partial charge is 0.508 e. The van der Waals surface area contributed by atoms with Gasteiger partial charge in [-0.25, -0.2) is 0 Å². The number of benzene rings is 2. The fraction of sp³-hybridized carbons (Fsp3) is 0.333. The summed E-state index contributed by atoms with van der Waals surface area (Å²) in [7, 11) is -3.86. The van der Waals surface area contributed by atoms with Gasteiger partial charge >= 0.3 is 13.9 Å². The first-order chi connectivity index (χ1) is 13.7. The average Bonchev–Trinajstić information content (AvgIpc) is 2.95. The molecule has 2 N–H and O–H groups in total. The molecule has 0 fully saturated rings. The van der Waals surface area contributed by atoms with Crippen molar-refractivity contribution in [3.05, 3.63) is 47.0 Å². The normalized spacial score (nSPS) is 15.9. The number of aromatic hydroxyl groups is 1. The van der Waals surface area contributed by atoms with E-state index >= 15 is 0 Å². The molecule has 0 bridgehead atoms. The Hall–Kier alpha value is -2.06. The van der Waals surface area contributed by atoms with E-state index in [9.17, 15) is 18.5 Å². The maximum Gasteiger partial charge on any atom is 0.586 e. The molecule has 0 aliphatic carbocycles. The third-order valence-electron chi connectivity index (χ3n) is 3.92. The molecule has 1 atom stereocenters. The molecule has 3 rings (SSSR count). The molecule has 0 aromatic heterocycles. The minimum Gasteiger partial charge on any atom is -0.508 e. The first kappa shape index (κ1) is 21.6. The molecular weight excluding hydrogens is 431 g/mol. The minimum absolute atomic E-state index is 0.0736. The Morgan fingerprint density at radius 1 is 1.14 bits per heavy atom. The molecule has 1 unspecified atom stereocenters. The lowest BCUT2D eigenvalue weighted by molar-refractivity contribution is -0.286. The summed E-state index contributed by atoms with van der Waals surface area (Å²) in [5, 5.41) is 13.5. The number of rotatable bonds is 8. The molecule has 2 aromatic carbocycles. The standard InChI is InChI=1S/C18H19ClF2NO6P/c1-3-25-29(24,26-4-2)17(13-9-11(19)5-7-14(13)23)22-12-6-8-15-16(10-12)28-18(20,21)27-15/h5-10,17,22-23H,3-4H2,1-2H3. The van der Waals surface area contributed by atoms with E-state index in [4.69, 9.17) is 20.6 Å². The lowest BCUT2D eigenvalue weighted by Crippen LogP contribution is -2.25. The number of anilines is 1. The Balaban J connectivity index is 2.02. The van der Waals surface area contributed by atoms with Crippen LogP contribution in [0.15, 0.2) is 36.4 Å². The zero-order valence-corrected chi connectivity index (χ0v) is 17.2. The minimum atomic E-state index is -3.86. The van der Waals surface area contributed by atoms with E-state index in [1.165, 1.54) is 36.4 Å². The molecule has 1 aliphatic heterocycles. The van der Waals surface area contributed by atoms with Gasteiger partial charge in [-0.05, 0) is 44.2 Å². The average molecular weight is 450 g/mol. The Bertz CT molecular complexity index is 935. The SMILES string of the molecule is CCOP(=O)(OCC)C(Nc1ccc2c(c1)OC(F)(F)O2)c1cc(Cl)ccc1O. The van der Waals surface area contributed by atoms with Crippen molar-refractivity contribution < 1.29 is 37.0 Å². The van der Waals surface area contributed by atoms with Crippen molar-refractivity contribution in [2.45, 2.75) is 25.9 Å². The number of alkyl halides is 2. The molecule has 158 valence electrons. The lowest BCUT2D eigenvalue weighted by atomic mass is 10.2. The summed E-state index contributed by atoms with van der Waals surface area (Å²) < 4.78 is 59.7. The summed E-state index contributed by atoms with van der Waals surface area (Å²) >= 11 is 6.05. The number of ether oxygens (including phenoxy) is 2. The predicted octanol–water partition coefficient (Wildman–Crippen LogP) is 5.74. The zero-order valence-electron chi connectivity index (χ0n) is 15.5. The van der Waals surface area contributed by atoms with Crippen molar-refractivity contribution >= 4 is 24.9 Å². The predicted molar refractivity (Wildman–Crippen MR) is 103 cm³/mol. The molecule has 2 aromatic rings. The molecule has 7 nitrogen and oxygen atoms in total. The highest BCUT2D eigenvalue weighted by atomic mass is 35.5. The molecule has 0 saturated carbocycles. The van der Waals surface area contributed by atoms with Crippen LogP contribution in [0.1, 0.15) is 25.2 Å². The molecule has 0 spiro atoms. The third kappa shape index (κ3) is 4.75. The molecule has 11 heteroatoms. The zero-order chi connectivity index (χ0) is 21.2. The summed E-state index contributed by atoms with van der Waals surface area (Å²) in [6.45, 7) is 3.43. The van der Waals surface area contributed by atoms with Crippen LogP contribution in [0.25, 0.3) is 0 Å². The molecule has 0 radical (unpaired) electrons. The second kappa shape index (κ2) is 8.36. The topological polar surface area (TPSA) is 86.3 Å². The van der Waals surface area contributed by atoms with Crippen molar-refractivity contribution in [1.82, 2.24) is 0 Å². The highest BCUT2D eigenvalue weighted by Crippen LogP contribution is 2.62. The van der Waals surface area contributed by atoms with Crippen LogP contribution in [-0.2, 0) is 13.6 Å². The highest BCUT2D eigenvalue weighted by Gasteiger charge is 2.44. The largest absolute Gasteiger partial charge is 0.586 e. The monoisotopic (exact) mass is 449 g/mol.